The van der Waals surface area contributed by atoms with Gasteiger partial charge in [0.2, 0.25) is 5.75 Å². The van der Waals surface area contributed by atoms with Crippen molar-refractivity contribution in [2.75, 3.05) is 21.3 Å². The van der Waals surface area contributed by atoms with Crippen molar-refractivity contribution in [1.29, 1.82) is 0 Å². The number of ether oxygens (including phenoxy) is 3. The number of fused-ring (bicyclic) bond motifs is 1. The fourth-order valence-electron chi connectivity index (χ4n) is 2.21. The zero-order valence-electron chi connectivity index (χ0n) is 12.1. The van der Waals surface area contributed by atoms with Crippen molar-refractivity contribution in [2.24, 2.45) is 0 Å². The molecule has 1 aromatic carbocycles. The first-order valence-corrected chi connectivity index (χ1v) is 6.17. The molecule has 0 aliphatic rings. The monoisotopic (exact) mass is 292 g/mol. The molecule has 1 N–H and O–H groups in total. The fourth-order valence-corrected chi connectivity index (χ4v) is 2.21. The summed E-state index contributed by atoms with van der Waals surface area (Å²) in [5.74, 6) is 0.322. The molecule has 0 saturated carbocycles. The molecule has 6 heteroatoms. The zero-order valence-corrected chi connectivity index (χ0v) is 12.1. The smallest absolute Gasteiger partial charge is 0.383 e. The van der Waals surface area contributed by atoms with E-state index in [0.29, 0.717) is 17.7 Å². The summed E-state index contributed by atoms with van der Waals surface area (Å²) in [4.78, 5) is 11.9. The summed E-state index contributed by atoms with van der Waals surface area (Å²) in [6.07, 6.45) is 2.02. The number of hydrogen-bond acceptors (Lipinski definition) is 6. The lowest BCUT2D eigenvalue weighted by Crippen LogP contribution is -2.07. The summed E-state index contributed by atoms with van der Waals surface area (Å²) >= 11 is 0. The first-order valence-electron chi connectivity index (χ1n) is 6.17. The van der Waals surface area contributed by atoms with Crippen LogP contribution in [0, 0.1) is 0 Å². The average Bonchev–Trinajstić information content (AvgIpc) is 2.48. The van der Waals surface area contributed by atoms with E-state index in [-0.39, 0.29) is 28.2 Å². The molecule has 0 unspecified atom stereocenters. The van der Waals surface area contributed by atoms with Crippen LogP contribution in [0.25, 0.3) is 11.0 Å². The van der Waals surface area contributed by atoms with Gasteiger partial charge in [-0.2, -0.15) is 0 Å². The highest BCUT2D eigenvalue weighted by Crippen LogP contribution is 2.43. The molecular weight excluding hydrogens is 276 g/mol. The lowest BCUT2D eigenvalue weighted by atomic mass is 10.0. The number of rotatable bonds is 5. The van der Waals surface area contributed by atoms with E-state index in [0.717, 1.165) is 0 Å². The Labute approximate surface area is 121 Å². The Balaban J connectivity index is 2.97. The summed E-state index contributed by atoms with van der Waals surface area (Å²) in [5.41, 5.74) is -0.0196. The molecule has 2 rings (SSSR count). The number of benzene rings is 1. The molecule has 1 aromatic heterocycles. The first-order chi connectivity index (χ1) is 10.1. The van der Waals surface area contributed by atoms with Crippen molar-refractivity contribution < 1.29 is 23.7 Å². The summed E-state index contributed by atoms with van der Waals surface area (Å²) in [5, 5.41) is 10.7. The number of hydrogen-bond donors (Lipinski definition) is 1. The van der Waals surface area contributed by atoms with Gasteiger partial charge in [0, 0.05) is 11.6 Å². The van der Waals surface area contributed by atoms with Gasteiger partial charge >= 0.3 is 5.63 Å². The van der Waals surface area contributed by atoms with E-state index in [9.17, 15) is 9.90 Å². The van der Waals surface area contributed by atoms with Crippen molar-refractivity contribution in [3.8, 4) is 23.0 Å². The quantitative estimate of drug-likeness (QED) is 0.672. The van der Waals surface area contributed by atoms with Crippen LogP contribution in [0.3, 0.4) is 0 Å². The lowest BCUT2D eigenvalue weighted by molar-refractivity contribution is 0.336. The molecule has 0 atom stereocenters. The van der Waals surface area contributed by atoms with Crippen LogP contribution >= 0.6 is 0 Å². The normalized spacial score (nSPS) is 10.4. The second-order valence-electron chi connectivity index (χ2n) is 4.23. The van der Waals surface area contributed by atoms with Crippen molar-refractivity contribution in [3.63, 3.8) is 0 Å². The van der Waals surface area contributed by atoms with Crippen LogP contribution < -0.4 is 19.8 Å². The van der Waals surface area contributed by atoms with Crippen LogP contribution in [0.4, 0.5) is 0 Å². The van der Waals surface area contributed by atoms with E-state index in [1.807, 2.05) is 0 Å². The summed E-state index contributed by atoms with van der Waals surface area (Å²) < 4.78 is 20.6. The minimum absolute atomic E-state index is 0.0943. The minimum Gasteiger partial charge on any atom is -0.507 e. The molecule has 0 aliphatic carbocycles. The summed E-state index contributed by atoms with van der Waals surface area (Å²) in [7, 11) is 4.17. The molecule has 112 valence electrons. The molecule has 0 aliphatic heterocycles. The van der Waals surface area contributed by atoms with E-state index in [2.05, 4.69) is 6.58 Å². The van der Waals surface area contributed by atoms with Crippen LogP contribution in [0.1, 0.15) is 5.56 Å². The number of phenols is 1. The number of allylic oxidation sites excluding steroid dienone is 1. The highest BCUT2D eigenvalue weighted by molar-refractivity contribution is 5.94. The van der Waals surface area contributed by atoms with Crippen LogP contribution in [-0.4, -0.2) is 26.4 Å². The summed E-state index contributed by atoms with van der Waals surface area (Å²) in [6, 6.07) is 1.53. The maximum atomic E-state index is 11.9. The van der Waals surface area contributed by atoms with Gasteiger partial charge in [-0.05, 0) is 6.42 Å². The first kappa shape index (κ1) is 14.8. The second-order valence-corrected chi connectivity index (χ2v) is 4.23. The Morgan fingerprint density at radius 3 is 2.43 bits per heavy atom. The van der Waals surface area contributed by atoms with E-state index in [1.54, 1.807) is 6.08 Å². The molecule has 0 spiro atoms. The third kappa shape index (κ3) is 2.29. The van der Waals surface area contributed by atoms with Gasteiger partial charge in [-0.1, -0.05) is 6.08 Å². The van der Waals surface area contributed by atoms with Crippen LogP contribution in [0.15, 0.2) is 27.9 Å². The predicted octanol–water partition coefficient (Wildman–Crippen LogP) is 2.25. The van der Waals surface area contributed by atoms with Gasteiger partial charge in [-0.25, -0.2) is 4.79 Å². The van der Waals surface area contributed by atoms with Gasteiger partial charge in [0.05, 0.1) is 21.3 Å². The fraction of sp³-hybridized carbons (Fsp3) is 0.267. The molecule has 0 amide bonds. The highest BCUT2D eigenvalue weighted by Gasteiger charge is 2.23. The van der Waals surface area contributed by atoms with E-state index >= 15 is 0 Å². The minimum atomic E-state index is -0.695. The molecule has 21 heavy (non-hydrogen) atoms. The van der Waals surface area contributed by atoms with Gasteiger partial charge < -0.3 is 23.7 Å². The maximum Gasteiger partial charge on any atom is 0.383 e. The van der Waals surface area contributed by atoms with Gasteiger partial charge in [-0.15, -0.1) is 6.58 Å². The predicted molar refractivity (Wildman–Crippen MR) is 77.7 cm³/mol. The lowest BCUT2D eigenvalue weighted by Gasteiger charge is -2.14. The Kier molecular flexibility index (Phi) is 4.07. The van der Waals surface area contributed by atoms with Crippen molar-refractivity contribution in [3.05, 3.63) is 34.7 Å². The van der Waals surface area contributed by atoms with Crippen LogP contribution in [0.5, 0.6) is 23.0 Å². The van der Waals surface area contributed by atoms with Gasteiger partial charge in [-0.3, -0.25) is 0 Å². The zero-order chi connectivity index (χ0) is 15.6. The SMILES string of the molecule is C=CCc1c(OC)cc2oc(=O)c(OC)c(OC)c2c1O. The molecular formula is C15H16O6. The molecule has 2 aromatic rings. The second kappa shape index (κ2) is 5.78. The van der Waals surface area contributed by atoms with Crippen LogP contribution in [-0.2, 0) is 6.42 Å². The average molecular weight is 292 g/mol. The third-order valence-electron chi connectivity index (χ3n) is 3.13. The van der Waals surface area contributed by atoms with Gasteiger partial charge in [0.25, 0.3) is 0 Å². The molecule has 6 nitrogen and oxygen atoms in total. The van der Waals surface area contributed by atoms with Crippen LogP contribution in [0.2, 0.25) is 0 Å². The van der Waals surface area contributed by atoms with E-state index in [4.69, 9.17) is 18.6 Å². The molecule has 0 fully saturated rings. The Morgan fingerprint density at radius 2 is 1.90 bits per heavy atom. The van der Waals surface area contributed by atoms with E-state index < -0.39 is 5.63 Å². The molecule has 0 saturated heterocycles. The summed E-state index contributed by atoms with van der Waals surface area (Å²) in [6.45, 7) is 3.65. The number of aromatic hydroxyl groups is 1. The third-order valence-corrected chi connectivity index (χ3v) is 3.13. The standard InChI is InChI=1S/C15H16O6/c1-5-6-8-9(18-2)7-10-11(12(8)16)13(19-3)14(20-4)15(17)21-10/h5,7,16H,1,6H2,2-4H3. The largest absolute Gasteiger partial charge is 0.507 e. The van der Waals surface area contributed by atoms with Gasteiger partial charge in [0.15, 0.2) is 5.75 Å². The van der Waals surface area contributed by atoms with Crippen molar-refractivity contribution in [2.45, 2.75) is 6.42 Å². The van der Waals surface area contributed by atoms with Crippen molar-refractivity contribution >= 4 is 11.0 Å². The number of phenolic OH excluding ortho intramolecular Hbond substituents is 1. The van der Waals surface area contributed by atoms with Gasteiger partial charge in [0.1, 0.15) is 22.5 Å². The number of methoxy groups -OCH3 is 3. The maximum absolute atomic E-state index is 11.9. The van der Waals surface area contributed by atoms with E-state index in [1.165, 1.54) is 27.4 Å². The Morgan fingerprint density at radius 1 is 1.24 bits per heavy atom. The Hall–Kier alpha value is -2.63. The Bertz CT molecular complexity index is 744. The molecule has 0 radical (unpaired) electrons. The highest BCUT2D eigenvalue weighted by atomic mass is 16.5. The molecule has 0 bridgehead atoms. The molecule has 1 heterocycles. The topological polar surface area (TPSA) is 78.1 Å². The van der Waals surface area contributed by atoms with Crippen molar-refractivity contribution in [1.82, 2.24) is 0 Å².